The van der Waals surface area contributed by atoms with E-state index < -0.39 is 0 Å². The zero-order chi connectivity index (χ0) is 21.1. The van der Waals surface area contributed by atoms with E-state index in [1.165, 1.54) is 5.56 Å². The van der Waals surface area contributed by atoms with E-state index in [1.54, 1.807) is 7.11 Å². The molecule has 2 aromatic carbocycles. The van der Waals surface area contributed by atoms with Crippen LogP contribution in [0.4, 0.5) is 0 Å². The third kappa shape index (κ3) is 4.07. The molecule has 4 rings (SSSR count). The molecule has 0 aliphatic carbocycles. The summed E-state index contributed by atoms with van der Waals surface area (Å²) in [6.07, 6.45) is 4.21. The number of benzene rings is 2. The number of likely N-dealkylation sites (N-methyl/N-ethyl adjacent to an activating group) is 1. The lowest BCUT2D eigenvalue weighted by Gasteiger charge is -2.44. The Bertz CT molecular complexity index is 924. The van der Waals surface area contributed by atoms with Gasteiger partial charge in [0.25, 0.3) is 0 Å². The van der Waals surface area contributed by atoms with Crippen molar-refractivity contribution < 1.29 is 4.74 Å². The van der Waals surface area contributed by atoms with Crippen LogP contribution in [0.5, 0.6) is 5.75 Å². The molecule has 6 nitrogen and oxygen atoms in total. The molecule has 156 valence electrons. The Morgan fingerprint density at radius 1 is 1.03 bits per heavy atom. The Balaban J connectivity index is 1.68. The number of methoxy groups -OCH3 is 1. The Labute approximate surface area is 178 Å². The van der Waals surface area contributed by atoms with Gasteiger partial charge in [-0.05, 0) is 48.2 Å². The molecule has 30 heavy (non-hydrogen) atoms. The minimum absolute atomic E-state index is 0.0479. The van der Waals surface area contributed by atoms with Gasteiger partial charge < -0.3 is 25.6 Å². The zero-order valence-corrected chi connectivity index (χ0v) is 17.6. The van der Waals surface area contributed by atoms with Gasteiger partial charge in [-0.15, -0.1) is 0 Å². The number of rotatable bonds is 4. The molecule has 0 radical (unpaired) electrons. The first-order valence-electron chi connectivity index (χ1n) is 10.4. The second-order valence-electron chi connectivity index (χ2n) is 8.08. The second-order valence-corrected chi connectivity index (χ2v) is 8.08. The van der Waals surface area contributed by atoms with Crippen LogP contribution in [0.1, 0.15) is 41.6 Å². The average Bonchev–Trinajstić information content (AvgIpc) is 2.79. The Kier molecular flexibility index (Phi) is 5.82. The molecule has 2 unspecified atom stereocenters. The molecular weight excluding hydrogens is 374 g/mol. The van der Waals surface area contributed by atoms with E-state index in [9.17, 15) is 5.26 Å². The predicted octanol–water partition coefficient (Wildman–Crippen LogP) is 3.11. The first-order chi connectivity index (χ1) is 14.6. The van der Waals surface area contributed by atoms with Crippen molar-refractivity contribution in [2.45, 2.75) is 31.0 Å². The van der Waals surface area contributed by atoms with Gasteiger partial charge in [0.15, 0.2) is 0 Å². The van der Waals surface area contributed by atoms with Crippen molar-refractivity contribution in [2.75, 3.05) is 27.2 Å². The van der Waals surface area contributed by atoms with E-state index in [-0.39, 0.29) is 12.1 Å². The number of hydrogen-bond acceptors (Lipinski definition) is 6. The van der Waals surface area contributed by atoms with Gasteiger partial charge in [-0.25, -0.2) is 0 Å². The average molecular weight is 404 g/mol. The van der Waals surface area contributed by atoms with Gasteiger partial charge in [-0.1, -0.05) is 24.3 Å². The highest BCUT2D eigenvalue weighted by Crippen LogP contribution is 2.38. The number of hydrogen-bond donors (Lipinski definition) is 2. The standard InChI is InChI=1S/C24H29N5O/c1-28-16-22(29-13-11-20(26)12-14-29)27-23(18-5-3-17(15-25)4-6-18)24(28)19-7-9-21(30-2)10-8-19/h3-10,16,20,23-24,27H,11-14,26H2,1-2H3. The molecule has 0 bridgehead atoms. The minimum atomic E-state index is 0.0479. The summed E-state index contributed by atoms with van der Waals surface area (Å²) in [4.78, 5) is 4.67. The lowest BCUT2D eigenvalue weighted by atomic mass is 9.90. The van der Waals surface area contributed by atoms with Crippen LogP contribution in [-0.4, -0.2) is 43.1 Å². The van der Waals surface area contributed by atoms with Gasteiger partial charge >= 0.3 is 0 Å². The number of nitrogens with two attached hydrogens (primary N) is 1. The molecular formula is C24H29N5O. The Hall–Kier alpha value is -3.17. The molecule has 0 amide bonds. The Morgan fingerprint density at radius 3 is 2.27 bits per heavy atom. The summed E-state index contributed by atoms with van der Waals surface area (Å²) in [5, 5.41) is 13.0. The number of nitriles is 1. The minimum Gasteiger partial charge on any atom is -0.497 e. The SMILES string of the molecule is COc1ccc(C2C(c3ccc(C#N)cc3)NC(N3CCC(N)CC3)=CN2C)cc1. The summed E-state index contributed by atoms with van der Waals surface area (Å²) in [7, 11) is 3.81. The number of ether oxygens (including phenoxy) is 1. The quantitative estimate of drug-likeness (QED) is 0.817. The maximum atomic E-state index is 9.18. The van der Waals surface area contributed by atoms with Crippen molar-refractivity contribution in [3.05, 3.63) is 77.2 Å². The predicted molar refractivity (Wildman–Crippen MR) is 117 cm³/mol. The number of piperidine rings is 1. The fraction of sp³-hybridized carbons (Fsp3) is 0.375. The summed E-state index contributed by atoms with van der Waals surface area (Å²) in [5.41, 5.74) is 9.14. The molecule has 2 atom stereocenters. The molecule has 2 aliphatic heterocycles. The smallest absolute Gasteiger partial charge is 0.118 e. The summed E-state index contributed by atoms with van der Waals surface area (Å²) < 4.78 is 5.34. The monoisotopic (exact) mass is 403 g/mol. The molecule has 2 aliphatic rings. The van der Waals surface area contributed by atoms with Crippen molar-refractivity contribution in [3.8, 4) is 11.8 Å². The fourth-order valence-corrected chi connectivity index (χ4v) is 4.36. The van der Waals surface area contributed by atoms with Crippen LogP contribution in [0.15, 0.2) is 60.6 Å². The number of nitrogens with one attached hydrogen (secondary N) is 1. The fourth-order valence-electron chi connectivity index (χ4n) is 4.36. The number of likely N-dealkylation sites (tertiary alicyclic amines) is 1. The third-order valence-electron chi connectivity index (χ3n) is 6.12. The summed E-state index contributed by atoms with van der Waals surface area (Å²) in [6, 6.07) is 18.8. The van der Waals surface area contributed by atoms with Crippen LogP contribution in [0.25, 0.3) is 0 Å². The van der Waals surface area contributed by atoms with Crippen LogP contribution >= 0.6 is 0 Å². The van der Waals surface area contributed by atoms with Crippen LogP contribution in [0, 0.1) is 11.3 Å². The molecule has 2 aromatic rings. The van der Waals surface area contributed by atoms with E-state index in [0.29, 0.717) is 11.6 Å². The normalized spacial score (nSPS) is 22.1. The first-order valence-corrected chi connectivity index (χ1v) is 10.4. The van der Waals surface area contributed by atoms with Crippen molar-refractivity contribution in [1.82, 2.24) is 15.1 Å². The first kappa shape index (κ1) is 20.1. The summed E-state index contributed by atoms with van der Waals surface area (Å²) in [6.45, 7) is 1.92. The lowest BCUT2D eigenvalue weighted by molar-refractivity contribution is 0.178. The lowest BCUT2D eigenvalue weighted by Crippen LogP contribution is -2.48. The van der Waals surface area contributed by atoms with E-state index >= 15 is 0 Å². The van der Waals surface area contributed by atoms with E-state index in [0.717, 1.165) is 43.1 Å². The third-order valence-corrected chi connectivity index (χ3v) is 6.12. The topological polar surface area (TPSA) is 77.5 Å². The second kappa shape index (κ2) is 8.68. The zero-order valence-electron chi connectivity index (χ0n) is 17.6. The largest absolute Gasteiger partial charge is 0.497 e. The van der Waals surface area contributed by atoms with Crippen molar-refractivity contribution in [2.24, 2.45) is 5.73 Å². The molecule has 0 spiro atoms. The van der Waals surface area contributed by atoms with Gasteiger partial charge in [0.05, 0.1) is 30.8 Å². The molecule has 0 aromatic heterocycles. The molecule has 2 heterocycles. The van der Waals surface area contributed by atoms with E-state index in [1.807, 2.05) is 24.3 Å². The van der Waals surface area contributed by atoms with E-state index in [2.05, 4.69) is 58.7 Å². The van der Waals surface area contributed by atoms with Crippen LogP contribution in [0.3, 0.4) is 0 Å². The summed E-state index contributed by atoms with van der Waals surface area (Å²) >= 11 is 0. The van der Waals surface area contributed by atoms with Gasteiger partial charge in [0.2, 0.25) is 0 Å². The van der Waals surface area contributed by atoms with Crippen LogP contribution < -0.4 is 15.8 Å². The summed E-state index contributed by atoms with van der Waals surface area (Å²) in [5.74, 6) is 1.98. The maximum Gasteiger partial charge on any atom is 0.118 e. The highest BCUT2D eigenvalue weighted by Gasteiger charge is 2.33. The van der Waals surface area contributed by atoms with Gasteiger partial charge in [-0.3, -0.25) is 0 Å². The molecule has 1 saturated heterocycles. The van der Waals surface area contributed by atoms with Crippen LogP contribution in [-0.2, 0) is 0 Å². The van der Waals surface area contributed by atoms with Gasteiger partial charge in [0.1, 0.15) is 11.6 Å². The van der Waals surface area contributed by atoms with Gasteiger partial charge in [0, 0.05) is 32.4 Å². The highest BCUT2D eigenvalue weighted by atomic mass is 16.5. The van der Waals surface area contributed by atoms with Crippen LogP contribution in [0.2, 0.25) is 0 Å². The maximum absolute atomic E-state index is 9.18. The van der Waals surface area contributed by atoms with Gasteiger partial charge in [-0.2, -0.15) is 5.26 Å². The molecule has 1 fully saturated rings. The highest BCUT2D eigenvalue weighted by molar-refractivity contribution is 5.37. The molecule has 6 heteroatoms. The van der Waals surface area contributed by atoms with Crippen molar-refractivity contribution in [3.63, 3.8) is 0 Å². The van der Waals surface area contributed by atoms with E-state index in [4.69, 9.17) is 10.5 Å². The number of nitrogens with zero attached hydrogens (tertiary/aromatic N) is 3. The Morgan fingerprint density at radius 2 is 1.67 bits per heavy atom. The van der Waals surface area contributed by atoms with Crippen molar-refractivity contribution >= 4 is 0 Å². The molecule has 3 N–H and O–H groups in total. The van der Waals surface area contributed by atoms with Crippen molar-refractivity contribution in [1.29, 1.82) is 5.26 Å². The molecule has 0 saturated carbocycles.